The first-order chi connectivity index (χ1) is 44.8. The van der Waals surface area contributed by atoms with Crippen LogP contribution in [0, 0.1) is 5.92 Å². The van der Waals surface area contributed by atoms with Crippen LogP contribution in [0.5, 0.6) is 0 Å². The lowest BCUT2D eigenvalue weighted by Crippen LogP contribution is -2.61. The predicted molar refractivity (Wildman–Crippen MR) is 353 cm³/mol. The zero-order valence-corrected chi connectivity index (χ0v) is 55.2. The van der Waals surface area contributed by atoms with E-state index in [2.05, 4.69) is 63.8 Å². The summed E-state index contributed by atoms with van der Waals surface area (Å²) < 4.78 is 0. The lowest BCUT2D eigenvalue weighted by molar-refractivity contribution is -0.136. The van der Waals surface area contributed by atoms with E-state index in [0.29, 0.717) is 18.4 Å². The Morgan fingerprint density at radius 3 is 1.51 bits per heavy atom. The largest absolute Gasteiger partial charge is 0.391 e. The van der Waals surface area contributed by atoms with E-state index in [1.54, 1.807) is 44.2 Å². The molecule has 1 saturated heterocycles. The molecule has 2 aromatic rings. The number of aliphatic hydroxyl groups excluding tert-OH is 2. The van der Waals surface area contributed by atoms with Crippen molar-refractivity contribution < 1.29 is 67.7 Å². The van der Waals surface area contributed by atoms with Gasteiger partial charge in [0.1, 0.15) is 54.4 Å². The van der Waals surface area contributed by atoms with E-state index in [4.69, 9.17) is 22.9 Å². The summed E-state index contributed by atoms with van der Waals surface area (Å²) >= 11 is 0. The highest BCUT2D eigenvalue weighted by atomic mass is 16.3. The molecule has 12 amide bonds. The fourth-order valence-electron chi connectivity index (χ4n) is 10.2. The molecule has 1 aliphatic heterocycles. The Kier molecular flexibility index (Phi) is 36.6. The van der Waals surface area contributed by atoms with Gasteiger partial charge in [-0.1, -0.05) is 96.6 Å². The molecule has 0 radical (unpaired) electrons. The zero-order valence-electron chi connectivity index (χ0n) is 55.2. The number of hydrogen-bond acceptors (Lipinski definition) is 18. The lowest BCUT2D eigenvalue weighted by Gasteiger charge is -2.28. The third-order valence-corrected chi connectivity index (χ3v) is 15.4. The Labute approximate surface area is 550 Å². The maximum Gasteiger partial charge on any atom is 0.252 e. The maximum atomic E-state index is 14.7. The van der Waals surface area contributed by atoms with Crippen molar-refractivity contribution in [1.82, 2.24) is 53.2 Å². The second kappa shape index (κ2) is 42.9. The highest BCUT2D eigenvalue weighted by molar-refractivity contribution is 6.03. The number of benzene rings is 2. The van der Waals surface area contributed by atoms with Crippen LogP contribution in [0.3, 0.4) is 0 Å². The zero-order chi connectivity index (χ0) is 69.9. The molecule has 0 unspecified atom stereocenters. The molecular weight excluding hydrogens is 1220 g/mol. The topological polar surface area (TPSA) is 494 Å². The van der Waals surface area contributed by atoms with Gasteiger partial charge < -0.3 is 96.9 Å². The SMILES string of the molecule is CCCCCCC(=O)Nc1cc(NC(=O)CCCCCC)cc(C(=O)N[C@H](C(=O)N[C@@H](CCN)C(=O)N[C@H]2CCNC(=O)[C@H]([C@@H](C)O)NC(=O)[C@H](CCN)NC(=O)[C@H](CCN)NC(=O)[C@H](CC(C)C)NC(=O)[C@@H](Cc3ccccc3)NC(=O)[C@H](CCN)NC2=O)[C@@H](C)O)c1. The van der Waals surface area contributed by atoms with E-state index in [1.807, 2.05) is 13.8 Å². The fraction of sp³-hybridized carbons (Fsp3) is 0.625. The first-order valence-electron chi connectivity index (χ1n) is 32.8. The van der Waals surface area contributed by atoms with Gasteiger partial charge in [0.15, 0.2) is 0 Å². The molecule has 524 valence electrons. The Morgan fingerprint density at radius 1 is 0.553 bits per heavy atom. The second-order valence-electron chi connectivity index (χ2n) is 24.1. The predicted octanol–water partition coefficient (Wildman–Crippen LogP) is -1.55. The molecule has 0 bridgehead atoms. The van der Waals surface area contributed by atoms with Gasteiger partial charge in [0.25, 0.3) is 5.91 Å². The highest BCUT2D eigenvalue weighted by Crippen LogP contribution is 2.22. The molecule has 94 heavy (non-hydrogen) atoms. The summed E-state index contributed by atoms with van der Waals surface area (Å²) in [6.45, 7) is 8.82. The number of nitrogens with one attached hydrogen (secondary N) is 12. The molecule has 1 aliphatic rings. The van der Waals surface area contributed by atoms with E-state index in [-0.39, 0.29) is 112 Å². The van der Waals surface area contributed by atoms with Crippen LogP contribution in [0.25, 0.3) is 0 Å². The third kappa shape index (κ3) is 28.6. The standard InChI is InChI=1S/C64H104N16O14/c1-7-9-11-16-20-51(83)70-42-34-41(35-43(36-42)71-52(84)21-17-12-10-8-2)55(85)79-54(39(6)82)64(94)76-46(24-29-67)57(87)75-48-26-31-69-63(93)53(38(5)81)80-60(90)47(25-30-68)73-56(86)44(22-27-65)74-61(91)49(32-37(3)4)77-62(92)50(33-40-18-14-13-15-19-40)78-58(88)45(23-28-66)72-59(48)89/h13-15,18-19,34-39,44-50,53-54,81-82H,7-12,16-17,20-33,65-68H2,1-6H3,(H,69,93)(H,70,83)(H,71,84)(H,72,89)(H,73,86)(H,74,91)(H,75,87)(H,76,94)(H,77,92)(H,78,88)(H,79,85)(H,80,90)/t38-,39-,44+,45+,46+,47+,48+,49+,50-,53+,54+/m1/s1. The third-order valence-electron chi connectivity index (χ3n) is 15.4. The number of amides is 12. The van der Waals surface area contributed by atoms with Gasteiger partial charge in [-0.05, 0) is 121 Å². The molecule has 30 nitrogen and oxygen atoms in total. The van der Waals surface area contributed by atoms with Crippen LogP contribution in [0.15, 0.2) is 48.5 Å². The lowest BCUT2D eigenvalue weighted by atomic mass is 10.00. The van der Waals surface area contributed by atoms with E-state index >= 15 is 0 Å². The smallest absolute Gasteiger partial charge is 0.252 e. The minimum absolute atomic E-state index is 0.0361. The van der Waals surface area contributed by atoms with Crippen molar-refractivity contribution in [2.75, 3.05) is 43.4 Å². The number of carbonyl (C=O) groups is 12. The minimum Gasteiger partial charge on any atom is -0.391 e. The van der Waals surface area contributed by atoms with E-state index in [9.17, 15) is 67.7 Å². The van der Waals surface area contributed by atoms with Crippen LogP contribution >= 0.6 is 0 Å². The molecule has 11 atom stereocenters. The summed E-state index contributed by atoms with van der Waals surface area (Å²) in [4.78, 5) is 169. The number of aliphatic hydroxyl groups is 2. The van der Waals surface area contributed by atoms with Gasteiger partial charge in [0.05, 0.1) is 12.2 Å². The van der Waals surface area contributed by atoms with Crippen molar-refractivity contribution in [3.8, 4) is 0 Å². The van der Waals surface area contributed by atoms with Crippen LogP contribution < -0.4 is 86.7 Å². The van der Waals surface area contributed by atoms with Crippen LogP contribution in [0.1, 0.15) is 160 Å². The molecule has 2 aromatic carbocycles. The van der Waals surface area contributed by atoms with Gasteiger partial charge in [-0.3, -0.25) is 57.5 Å². The van der Waals surface area contributed by atoms with E-state index in [1.165, 1.54) is 32.0 Å². The van der Waals surface area contributed by atoms with Crippen LogP contribution in [0.2, 0.25) is 0 Å². The Hall–Kier alpha value is -8.16. The molecule has 22 N–H and O–H groups in total. The summed E-state index contributed by atoms with van der Waals surface area (Å²) in [6.07, 6.45) is 2.39. The van der Waals surface area contributed by atoms with Crippen LogP contribution in [-0.4, -0.2) is 180 Å². The van der Waals surface area contributed by atoms with Gasteiger partial charge >= 0.3 is 0 Å². The van der Waals surface area contributed by atoms with Gasteiger partial charge in [0, 0.05) is 42.7 Å². The van der Waals surface area contributed by atoms with Gasteiger partial charge in [-0.2, -0.15) is 0 Å². The number of carbonyl (C=O) groups excluding carboxylic acids is 12. The van der Waals surface area contributed by atoms with Crippen LogP contribution in [0.4, 0.5) is 11.4 Å². The molecule has 1 fully saturated rings. The fourth-order valence-corrected chi connectivity index (χ4v) is 10.2. The van der Waals surface area contributed by atoms with Gasteiger partial charge in [0.2, 0.25) is 65.0 Å². The molecule has 0 aliphatic carbocycles. The Morgan fingerprint density at radius 2 is 1.03 bits per heavy atom. The average Bonchev–Trinajstić information content (AvgIpc) is 0.890. The van der Waals surface area contributed by atoms with Gasteiger partial charge in [-0.25, -0.2) is 0 Å². The normalized spacial score (nSPS) is 21.0. The number of nitrogens with two attached hydrogens (primary N) is 4. The molecular formula is C64H104N16O14. The summed E-state index contributed by atoms with van der Waals surface area (Å²) in [5, 5.41) is 53.0. The first-order valence-corrected chi connectivity index (χ1v) is 32.8. The van der Waals surface area contributed by atoms with Crippen molar-refractivity contribution in [3.63, 3.8) is 0 Å². The Balaban J connectivity index is 2.10. The van der Waals surface area contributed by atoms with Crippen molar-refractivity contribution in [3.05, 3.63) is 59.7 Å². The average molecular weight is 1320 g/mol. The van der Waals surface area contributed by atoms with Crippen LogP contribution in [-0.2, 0) is 59.2 Å². The summed E-state index contributed by atoms with van der Waals surface area (Å²) in [7, 11) is 0. The van der Waals surface area contributed by atoms with Gasteiger partial charge in [-0.15, -0.1) is 0 Å². The molecule has 0 spiro atoms. The molecule has 3 rings (SSSR count). The number of rotatable bonds is 32. The second-order valence-corrected chi connectivity index (χ2v) is 24.1. The summed E-state index contributed by atoms with van der Waals surface area (Å²) in [5.41, 5.74) is 24.5. The monoisotopic (exact) mass is 1320 g/mol. The number of unbranched alkanes of at least 4 members (excludes halogenated alkanes) is 6. The summed E-state index contributed by atoms with van der Waals surface area (Å²) in [5.74, 6) is -10.4. The molecule has 0 aromatic heterocycles. The maximum absolute atomic E-state index is 14.7. The first kappa shape index (κ1) is 80.1. The van der Waals surface area contributed by atoms with E-state index in [0.717, 1.165) is 38.5 Å². The molecule has 30 heteroatoms. The highest BCUT2D eigenvalue weighted by Gasteiger charge is 2.37. The van der Waals surface area contributed by atoms with Crippen molar-refractivity contribution >= 4 is 82.3 Å². The van der Waals surface area contributed by atoms with Crippen molar-refractivity contribution in [2.24, 2.45) is 28.9 Å². The van der Waals surface area contributed by atoms with Crippen molar-refractivity contribution in [2.45, 2.75) is 217 Å². The van der Waals surface area contributed by atoms with E-state index < -0.39 is 139 Å². The minimum atomic E-state index is -1.77. The molecule has 0 saturated carbocycles. The van der Waals surface area contributed by atoms with Crippen molar-refractivity contribution in [1.29, 1.82) is 0 Å². The number of hydrogen-bond donors (Lipinski definition) is 18. The Bertz CT molecular complexity index is 2770. The quantitative estimate of drug-likeness (QED) is 0.0369. The summed E-state index contributed by atoms with van der Waals surface area (Å²) in [6, 6.07) is -1.13. The molecule has 1 heterocycles. The number of anilines is 2.